The summed E-state index contributed by atoms with van der Waals surface area (Å²) < 4.78 is 0. The molecule has 5 heteroatoms. The van der Waals surface area contributed by atoms with E-state index in [1.165, 1.54) is 0 Å². The van der Waals surface area contributed by atoms with E-state index in [4.69, 9.17) is 11.5 Å². The molecule has 0 spiro atoms. The molecule has 5 N–H and O–H groups in total. The Morgan fingerprint density at radius 3 is 2.32 bits per heavy atom. The van der Waals surface area contributed by atoms with Crippen LogP contribution >= 0.6 is 0 Å². The van der Waals surface area contributed by atoms with Crippen molar-refractivity contribution in [1.29, 1.82) is 0 Å². The zero-order valence-corrected chi connectivity index (χ0v) is 12.5. The molecule has 0 saturated heterocycles. The van der Waals surface area contributed by atoms with E-state index < -0.39 is 11.3 Å². The number of carbonyl (C=O) groups excluding carboxylic acids is 2. The summed E-state index contributed by atoms with van der Waals surface area (Å²) in [6, 6.07) is 0. The molecule has 19 heavy (non-hydrogen) atoms. The first kappa shape index (κ1) is 17.9. The van der Waals surface area contributed by atoms with Crippen LogP contribution in [0.15, 0.2) is 0 Å². The first-order valence-electron chi connectivity index (χ1n) is 7.10. The summed E-state index contributed by atoms with van der Waals surface area (Å²) in [4.78, 5) is 22.9. The SMILES string of the molecule is CCCC(CCN)CCC(=O)NCC(C)(C)C(N)=O. The molecule has 0 aromatic heterocycles. The van der Waals surface area contributed by atoms with E-state index in [9.17, 15) is 9.59 Å². The third kappa shape index (κ3) is 7.82. The maximum atomic E-state index is 11.7. The summed E-state index contributed by atoms with van der Waals surface area (Å²) >= 11 is 0. The zero-order chi connectivity index (χ0) is 14.9. The summed E-state index contributed by atoms with van der Waals surface area (Å²) in [5.74, 6) is 0.0946. The summed E-state index contributed by atoms with van der Waals surface area (Å²) in [6.07, 6.45) is 4.53. The zero-order valence-electron chi connectivity index (χ0n) is 12.5. The van der Waals surface area contributed by atoms with Gasteiger partial charge >= 0.3 is 0 Å². The lowest BCUT2D eigenvalue weighted by molar-refractivity contribution is -0.127. The molecule has 5 nitrogen and oxygen atoms in total. The van der Waals surface area contributed by atoms with Gasteiger partial charge in [0.25, 0.3) is 0 Å². The highest BCUT2D eigenvalue weighted by Crippen LogP contribution is 2.17. The van der Waals surface area contributed by atoms with Crippen LogP contribution in [0.2, 0.25) is 0 Å². The second kappa shape index (κ2) is 8.91. The second-order valence-corrected chi connectivity index (χ2v) is 5.80. The van der Waals surface area contributed by atoms with Gasteiger partial charge < -0.3 is 16.8 Å². The van der Waals surface area contributed by atoms with Crippen molar-refractivity contribution in [2.45, 2.75) is 52.9 Å². The number of rotatable bonds is 10. The van der Waals surface area contributed by atoms with Crippen molar-refractivity contribution in [3.05, 3.63) is 0 Å². The van der Waals surface area contributed by atoms with E-state index >= 15 is 0 Å². The van der Waals surface area contributed by atoms with Crippen LogP contribution in [0.4, 0.5) is 0 Å². The molecule has 2 amide bonds. The van der Waals surface area contributed by atoms with Gasteiger partial charge in [-0.3, -0.25) is 9.59 Å². The maximum absolute atomic E-state index is 11.7. The van der Waals surface area contributed by atoms with E-state index in [2.05, 4.69) is 12.2 Å². The third-order valence-electron chi connectivity index (χ3n) is 3.45. The van der Waals surface area contributed by atoms with E-state index in [0.717, 1.165) is 25.7 Å². The average Bonchev–Trinajstić information content (AvgIpc) is 2.34. The Labute approximate surface area is 116 Å². The smallest absolute Gasteiger partial charge is 0.224 e. The van der Waals surface area contributed by atoms with Gasteiger partial charge in [0.2, 0.25) is 11.8 Å². The van der Waals surface area contributed by atoms with Gasteiger partial charge in [-0.25, -0.2) is 0 Å². The van der Waals surface area contributed by atoms with Crippen molar-refractivity contribution in [3.63, 3.8) is 0 Å². The van der Waals surface area contributed by atoms with Crippen LogP contribution < -0.4 is 16.8 Å². The molecule has 0 radical (unpaired) electrons. The highest BCUT2D eigenvalue weighted by Gasteiger charge is 2.25. The first-order valence-corrected chi connectivity index (χ1v) is 7.10. The second-order valence-electron chi connectivity index (χ2n) is 5.80. The van der Waals surface area contributed by atoms with Gasteiger partial charge in [0.1, 0.15) is 0 Å². The van der Waals surface area contributed by atoms with Crippen LogP contribution in [0.3, 0.4) is 0 Å². The van der Waals surface area contributed by atoms with Gasteiger partial charge in [0.15, 0.2) is 0 Å². The number of hydrogen-bond donors (Lipinski definition) is 3. The fraction of sp³-hybridized carbons (Fsp3) is 0.857. The highest BCUT2D eigenvalue weighted by molar-refractivity contribution is 5.82. The number of hydrogen-bond acceptors (Lipinski definition) is 3. The Morgan fingerprint density at radius 1 is 1.21 bits per heavy atom. The Bertz CT molecular complexity index is 284. The predicted octanol–water partition coefficient (Wildman–Crippen LogP) is 1.16. The van der Waals surface area contributed by atoms with Crippen LogP contribution in [0.5, 0.6) is 0 Å². The minimum absolute atomic E-state index is 0.0209. The predicted molar refractivity (Wildman–Crippen MR) is 77.3 cm³/mol. The minimum atomic E-state index is -0.699. The number of carbonyl (C=O) groups is 2. The lowest BCUT2D eigenvalue weighted by Crippen LogP contribution is -2.42. The molecule has 0 fully saturated rings. The lowest BCUT2D eigenvalue weighted by atomic mass is 9.92. The van der Waals surface area contributed by atoms with Gasteiger partial charge in [-0.05, 0) is 39.2 Å². The van der Waals surface area contributed by atoms with Gasteiger partial charge in [-0.2, -0.15) is 0 Å². The van der Waals surface area contributed by atoms with Crippen LogP contribution in [0.1, 0.15) is 52.9 Å². The summed E-state index contributed by atoms with van der Waals surface area (Å²) in [7, 11) is 0. The number of amides is 2. The Balaban J connectivity index is 4.00. The van der Waals surface area contributed by atoms with Gasteiger partial charge in [-0.15, -0.1) is 0 Å². The number of nitrogens with two attached hydrogens (primary N) is 2. The van der Waals surface area contributed by atoms with Crippen molar-refractivity contribution < 1.29 is 9.59 Å². The molecular weight excluding hydrogens is 242 g/mol. The number of nitrogens with one attached hydrogen (secondary N) is 1. The normalized spacial score (nSPS) is 13.1. The van der Waals surface area contributed by atoms with Crippen LogP contribution in [-0.2, 0) is 9.59 Å². The summed E-state index contributed by atoms with van der Waals surface area (Å²) in [5, 5.41) is 2.77. The number of primary amides is 1. The lowest BCUT2D eigenvalue weighted by Gasteiger charge is -2.21. The summed E-state index contributed by atoms with van der Waals surface area (Å²) in [5.41, 5.74) is 10.1. The topological polar surface area (TPSA) is 98.2 Å². The molecule has 0 aliphatic heterocycles. The quantitative estimate of drug-likeness (QED) is 0.556. The largest absolute Gasteiger partial charge is 0.369 e. The van der Waals surface area contributed by atoms with Crippen LogP contribution in [-0.4, -0.2) is 24.9 Å². The highest BCUT2D eigenvalue weighted by atomic mass is 16.2. The van der Waals surface area contributed by atoms with Gasteiger partial charge in [0, 0.05) is 13.0 Å². The van der Waals surface area contributed by atoms with Crippen LogP contribution in [0, 0.1) is 11.3 Å². The van der Waals surface area contributed by atoms with Crippen LogP contribution in [0.25, 0.3) is 0 Å². The molecule has 0 rings (SSSR count). The minimum Gasteiger partial charge on any atom is -0.369 e. The van der Waals surface area contributed by atoms with E-state index in [1.54, 1.807) is 13.8 Å². The molecule has 0 saturated carbocycles. The van der Waals surface area contributed by atoms with E-state index in [0.29, 0.717) is 18.9 Å². The van der Waals surface area contributed by atoms with E-state index in [-0.39, 0.29) is 12.5 Å². The van der Waals surface area contributed by atoms with Crippen molar-refractivity contribution >= 4 is 11.8 Å². The molecule has 0 aliphatic carbocycles. The monoisotopic (exact) mass is 271 g/mol. The fourth-order valence-corrected chi connectivity index (χ4v) is 1.91. The summed E-state index contributed by atoms with van der Waals surface area (Å²) in [6.45, 7) is 6.55. The third-order valence-corrected chi connectivity index (χ3v) is 3.45. The van der Waals surface area contributed by atoms with Crippen molar-refractivity contribution in [2.24, 2.45) is 22.8 Å². The molecule has 0 heterocycles. The Morgan fingerprint density at radius 2 is 1.84 bits per heavy atom. The molecule has 1 atom stereocenters. The molecular formula is C14H29N3O2. The molecule has 0 aromatic rings. The van der Waals surface area contributed by atoms with Crippen molar-refractivity contribution in [2.75, 3.05) is 13.1 Å². The molecule has 0 aromatic carbocycles. The van der Waals surface area contributed by atoms with Crippen molar-refractivity contribution in [1.82, 2.24) is 5.32 Å². The molecule has 0 aliphatic rings. The van der Waals surface area contributed by atoms with E-state index in [1.807, 2.05) is 0 Å². The van der Waals surface area contributed by atoms with Gasteiger partial charge in [0.05, 0.1) is 5.41 Å². The average molecular weight is 271 g/mol. The Hall–Kier alpha value is -1.10. The molecule has 112 valence electrons. The van der Waals surface area contributed by atoms with Crippen molar-refractivity contribution in [3.8, 4) is 0 Å². The first-order chi connectivity index (χ1) is 8.83. The Kier molecular flexibility index (Phi) is 8.39. The fourth-order valence-electron chi connectivity index (χ4n) is 1.91. The molecule has 0 bridgehead atoms. The molecule has 1 unspecified atom stereocenters. The maximum Gasteiger partial charge on any atom is 0.224 e. The van der Waals surface area contributed by atoms with Gasteiger partial charge in [-0.1, -0.05) is 19.8 Å². The standard InChI is InChI=1S/C14H29N3O2/c1-4-5-11(8-9-15)6-7-12(18)17-10-14(2,3)13(16)19/h11H,4-10,15H2,1-3H3,(H2,16,19)(H,17,18).